The molecule has 1 N–H and O–H groups in total. The van der Waals surface area contributed by atoms with Crippen molar-refractivity contribution in [2.24, 2.45) is 0 Å². The van der Waals surface area contributed by atoms with Gasteiger partial charge in [-0.2, -0.15) is 0 Å². The van der Waals surface area contributed by atoms with Gasteiger partial charge < -0.3 is 14.6 Å². The molecule has 204 valence electrons. The van der Waals surface area contributed by atoms with Crippen LogP contribution in [-0.2, 0) is 6.54 Å². The van der Waals surface area contributed by atoms with Crippen LogP contribution in [0.25, 0.3) is 10.9 Å². The number of anilines is 1. The van der Waals surface area contributed by atoms with E-state index in [0.29, 0.717) is 61.1 Å². The van der Waals surface area contributed by atoms with Crippen molar-refractivity contribution in [3.8, 4) is 5.75 Å². The summed E-state index contributed by atoms with van der Waals surface area (Å²) in [5.74, 6) is 0.554. The van der Waals surface area contributed by atoms with Crippen LogP contribution >= 0.6 is 0 Å². The van der Waals surface area contributed by atoms with Crippen molar-refractivity contribution in [2.75, 3.05) is 38.2 Å². The number of tetrazole rings is 1. The lowest BCUT2D eigenvalue weighted by Crippen LogP contribution is -2.49. The highest BCUT2D eigenvalue weighted by Gasteiger charge is 2.33. The third kappa shape index (κ3) is 5.03. The maximum atomic E-state index is 14.5. The number of piperazine rings is 1. The van der Waals surface area contributed by atoms with E-state index >= 15 is 0 Å². The Morgan fingerprint density at radius 2 is 1.75 bits per heavy atom. The average Bonchev–Trinajstić information content (AvgIpc) is 3.42. The quantitative estimate of drug-likeness (QED) is 0.334. The number of hydrogen-bond donors (Lipinski definition) is 1. The van der Waals surface area contributed by atoms with Gasteiger partial charge in [0.05, 0.1) is 19.3 Å². The second-order valence-electron chi connectivity index (χ2n) is 9.71. The predicted molar refractivity (Wildman–Crippen MR) is 146 cm³/mol. The van der Waals surface area contributed by atoms with E-state index in [1.165, 1.54) is 18.2 Å². The van der Waals surface area contributed by atoms with Crippen LogP contribution in [0.2, 0.25) is 0 Å². The monoisotopic (exact) mass is 543 g/mol. The van der Waals surface area contributed by atoms with Gasteiger partial charge in [-0.3, -0.25) is 9.69 Å². The number of benzene rings is 3. The second-order valence-corrected chi connectivity index (χ2v) is 9.71. The second kappa shape index (κ2) is 10.9. The molecule has 0 bridgehead atoms. The first kappa shape index (κ1) is 25.6. The zero-order chi connectivity index (χ0) is 27.6. The standard InChI is InChI=1S/C29H27F2N7O2/c1-40-22-10-11-25-20(16-22)17-23(29(39)32-25)27(28-33-34-35-38(28)18-19-6-8-21(30)9-7-19)37-14-12-36(13-15-37)26-5-3-2-4-24(26)31/h2-11,16-17,27H,12-15,18H2,1H3,(H,32,39). The van der Waals surface area contributed by atoms with Crippen molar-refractivity contribution in [1.82, 2.24) is 30.1 Å². The molecule has 11 heteroatoms. The van der Waals surface area contributed by atoms with Gasteiger partial charge in [0.1, 0.15) is 23.4 Å². The highest BCUT2D eigenvalue weighted by Crippen LogP contribution is 2.30. The molecule has 1 unspecified atom stereocenters. The Balaban J connectivity index is 1.39. The number of H-pyrrole nitrogens is 1. The number of halogens is 2. The number of rotatable bonds is 7. The minimum Gasteiger partial charge on any atom is -0.497 e. The molecule has 1 aliphatic rings. The Bertz CT molecular complexity index is 1700. The van der Waals surface area contributed by atoms with Gasteiger partial charge in [0.15, 0.2) is 5.82 Å². The third-order valence-corrected chi connectivity index (χ3v) is 7.30. The van der Waals surface area contributed by atoms with Crippen molar-refractivity contribution >= 4 is 16.6 Å². The molecule has 6 rings (SSSR count). The maximum absolute atomic E-state index is 14.5. The summed E-state index contributed by atoms with van der Waals surface area (Å²) in [5.41, 5.74) is 2.28. The fourth-order valence-electron chi connectivity index (χ4n) is 5.24. The van der Waals surface area contributed by atoms with E-state index in [4.69, 9.17) is 4.74 Å². The van der Waals surface area contributed by atoms with Crippen LogP contribution in [0, 0.1) is 11.6 Å². The number of methoxy groups -OCH3 is 1. The van der Waals surface area contributed by atoms with Crippen LogP contribution in [0.5, 0.6) is 5.75 Å². The van der Waals surface area contributed by atoms with Gasteiger partial charge in [-0.1, -0.05) is 24.3 Å². The topological polar surface area (TPSA) is 92.2 Å². The molecule has 0 aliphatic carbocycles. The molecule has 1 fully saturated rings. The molecule has 5 aromatic rings. The first-order valence-electron chi connectivity index (χ1n) is 12.9. The number of aromatic nitrogens is 5. The molecule has 3 heterocycles. The SMILES string of the molecule is COc1ccc2[nH]c(=O)c(C(c3nnnn3Cc3ccc(F)cc3)N3CCN(c4ccccc4F)CC3)cc2c1. The number of aromatic amines is 1. The van der Waals surface area contributed by atoms with Crippen molar-refractivity contribution in [3.05, 3.63) is 112 Å². The maximum Gasteiger partial charge on any atom is 0.253 e. The molecule has 0 radical (unpaired) electrons. The van der Waals surface area contributed by atoms with Crippen LogP contribution in [0.4, 0.5) is 14.5 Å². The lowest BCUT2D eigenvalue weighted by atomic mass is 10.0. The molecule has 2 aromatic heterocycles. The van der Waals surface area contributed by atoms with Gasteiger partial charge in [-0.05, 0) is 64.5 Å². The zero-order valence-corrected chi connectivity index (χ0v) is 21.8. The van der Waals surface area contributed by atoms with Crippen LogP contribution in [0.1, 0.15) is 23.0 Å². The molecule has 9 nitrogen and oxygen atoms in total. The average molecular weight is 544 g/mol. The molecule has 0 saturated carbocycles. The number of para-hydroxylation sites is 1. The van der Waals surface area contributed by atoms with Gasteiger partial charge in [0, 0.05) is 42.6 Å². The first-order chi connectivity index (χ1) is 19.5. The van der Waals surface area contributed by atoms with Gasteiger partial charge in [0.2, 0.25) is 0 Å². The van der Waals surface area contributed by atoms with E-state index in [1.54, 1.807) is 48.2 Å². The highest BCUT2D eigenvalue weighted by atomic mass is 19.1. The van der Waals surface area contributed by atoms with E-state index in [9.17, 15) is 13.6 Å². The number of fused-ring (bicyclic) bond motifs is 1. The predicted octanol–water partition coefficient (Wildman–Crippen LogP) is 3.76. The lowest BCUT2D eigenvalue weighted by molar-refractivity contribution is 0.200. The molecule has 1 atom stereocenters. The molecular formula is C29H27F2N7O2. The molecule has 1 aliphatic heterocycles. The molecule has 40 heavy (non-hydrogen) atoms. The largest absolute Gasteiger partial charge is 0.497 e. The summed E-state index contributed by atoms with van der Waals surface area (Å²) in [6, 6.07) is 19.6. The summed E-state index contributed by atoms with van der Waals surface area (Å²) in [4.78, 5) is 20.6. The molecule has 3 aromatic carbocycles. The summed E-state index contributed by atoms with van der Waals surface area (Å²) in [5, 5.41) is 13.3. The lowest BCUT2D eigenvalue weighted by Gasteiger charge is -2.39. The Morgan fingerprint density at radius 3 is 2.50 bits per heavy atom. The minimum absolute atomic E-state index is 0.254. The number of ether oxygens (including phenoxy) is 1. The van der Waals surface area contributed by atoms with Crippen molar-refractivity contribution in [3.63, 3.8) is 0 Å². The van der Waals surface area contributed by atoms with Crippen molar-refractivity contribution in [1.29, 1.82) is 0 Å². The van der Waals surface area contributed by atoms with Crippen LogP contribution < -0.4 is 15.2 Å². The molecule has 0 spiro atoms. The minimum atomic E-state index is -0.586. The zero-order valence-electron chi connectivity index (χ0n) is 21.8. The van der Waals surface area contributed by atoms with Gasteiger partial charge in [0.25, 0.3) is 5.56 Å². The Labute approximate surface area is 228 Å². The summed E-state index contributed by atoms with van der Waals surface area (Å²) in [6.07, 6.45) is 0. The van der Waals surface area contributed by atoms with Crippen LogP contribution in [0.15, 0.2) is 77.6 Å². The Hall–Kier alpha value is -4.64. The van der Waals surface area contributed by atoms with Crippen LogP contribution in [-0.4, -0.2) is 63.4 Å². The van der Waals surface area contributed by atoms with Crippen molar-refractivity contribution in [2.45, 2.75) is 12.6 Å². The smallest absolute Gasteiger partial charge is 0.253 e. The molecular weight excluding hydrogens is 516 g/mol. The van der Waals surface area contributed by atoms with E-state index in [-0.39, 0.29) is 17.2 Å². The fourth-order valence-corrected chi connectivity index (χ4v) is 5.24. The number of nitrogens with one attached hydrogen (secondary N) is 1. The highest BCUT2D eigenvalue weighted by molar-refractivity contribution is 5.80. The molecule has 1 saturated heterocycles. The Kier molecular flexibility index (Phi) is 6.95. The normalized spacial score (nSPS) is 14.9. The number of pyridine rings is 1. The van der Waals surface area contributed by atoms with E-state index < -0.39 is 6.04 Å². The van der Waals surface area contributed by atoms with Gasteiger partial charge in [-0.15, -0.1) is 5.10 Å². The fraction of sp³-hybridized carbons (Fsp3) is 0.241. The van der Waals surface area contributed by atoms with Gasteiger partial charge >= 0.3 is 0 Å². The number of nitrogens with zero attached hydrogens (tertiary/aromatic N) is 6. The van der Waals surface area contributed by atoms with E-state index in [1.807, 2.05) is 23.1 Å². The first-order valence-corrected chi connectivity index (χ1v) is 12.9. The summed E-state index contributed by atoms with van der Waals surface area (Å²) in [7, 11) is 1.59. The summed E-state index contributed by atoms with van der Waals surface area (Å²) >= 11 is 0. The summed E-state index contributed by atoms with van der Waals surface area (Å²) in [6.45, 7) is 2.48. The van der Waals surface area contributed by atoms with Crippen LogP contribution in [0.3, 0.4) is 0 Å². The van der Waals surface area contributed by atoms with Gasteiger partial charge in [-0.25, -0.2) is 13.5 Å². The van der Waals surface area contributed by atoms with E-state index in [2.05, 4.69) is 25.4 Å². The van der Waals surface area contributed by atoms with E-state index in [0.717, 1.165) is 10.9 Å². The summed E-state index contributed by atoms with van der Waals surface area (Å²) < 4.78 is 35.0. The molecule has 0 amide bonds. The Morgan fingerprint density at radius 1 is 0.975 bits per heavy atom. The number of hydrogen-bond acceptors (Lipinski definition) is 7. The third-order valence-electron chi connectivity index (χ3n) is 7.30. The van der Waals surface area contributed by atoms with Crippen molar-refractivity contribution < 1.29 is 13.5 Å².